The molecule has 0 saturated heterocycles. The molecule has 0 unspecified atom stereocenters. The Bertz CT molecular complexity index is 1060. The van der Waals surface area contributed by atoms with Gasteiger partial charge >= 0.3 is 5.97 Å². The lowest BCUT2D eigenvalue weighted by Gasteiger charge is -2.09. The van der Waals surface area contributed by atoms with Crippen molar-refractivity contribution in [3.63, 3.8) is 0 Å². The summed E-state index contributed by atoms with van der Waals surface area (Å²) in [4.78, 5) is 21.1. The van der Waals surface area contributed by atoms with Gasteiger partial charge in [0.2, 0.25) is 5.62 Å². The lowest BCUT2D eigenvalue weighted by molar-refractivity contribution is 0.0601. The Labute approximate surface area is 148 Å². The Morgan fingerprint density at radius 1 is 1.32 bits per heavy atom. The van der Waals surface area contributed by atoms with Crippen LogP contribution in [-0.4, -0.2) is 29.2 Å². The third kappa shape index (κ3) is 2.85. The van der Waals surface area contributed by atoms with Crippen LogP contribution < -0.4 is 10.9 Å². The van der Waals surface area contributed by atoms with Crippen molar-refractivity contribution in [1.29, 1.82) is 0 Å². The maximum absolute atomic E-state index is 11.8. The summed E-state index contributed by atoms with van der Waals surface area (Å²) in [6, 6.07) is 12.6. The zero-order valence-corrected chi connectivity index (χ0v) is 14.2. The topological polar surface area (TPSA) is 68.5 Å². The van der Waals surface area contributed by atoms with E-state index in [2.05, 4.69) is 15.3 Å². The summed E-state index contributed by atoms with van der Waals surface area (Å²) in [5.41, 5.74) is 2.44. The number of ether oxygens (including phenoxy) is 1. The van der Waals surface area contributed by atoms with Crippen LogP contribution in [0.15, 0.2) is 47.5 Å². The summed E-state index contributed by atoms with van der Waals surface area (Å²) in [6.45, 7) is 1.58. The molecule has 0 aliphatic carbocycles. The first-order chi connectivity index (χ1) is 12.2. The number of hydrogen-bond acceptors (Lipinski definition) is 5. The lowest BCUT2D eigenvalue weighted by Crippen LogP contribution is -2.22. The number of halogens is 1. The molecule has 1 aliphatic rings. The van der Waals surface area contributed by atoms with Gasteiger partial charge in [0.15, 0.2) is 0 Å². The number of esters is 1. The molecule has 0 fully saturated rings. The Kier molecular flexibility index (Phi) is 3.89. The van der Waals surface area contributed by atoms with Gasteiger partial charge in [0.1, 0.15) is 5.82 Å². The SMILES string of the molecule is COC(=O)c1ccc2c3n(c(=Nc4cccc(Cl)c4)nc2c1)CCN3. The number of rotatable bonds is 2. The first-order valence-corrected chi connectivity index (χ1v) is 8.20. The fourth-order valence-corrected chi connectivity index (χ4v) is 3.10. The van der Waals surface area contributed by atoms with E-state index in [-0.39, 0.29) is 0 Å². The molecular formula is C18H15ClN4O2. The van der Waals surface area contributed by atoms with Gasteiger partial charge in [0.25, 0.3) is 0 Å². The number of hydrogen-bond donors (Lipinski definition) is 1. The van der Waals surface area contributed by atoms with Crippen LogP contribution in [0.1, 0.15) is 10.4 Å². The van der Waals surface area contributed by atoms with E-state index in [9.17, 15) is 4.79 Å². The maximum Gasteiger partial charge on any atom is 0.337 e. The molecule has 6 nitrogen and oxygen atoms in total. The van der Waals surface area contributed by atoms with E-state index in [0.29, 0.717) is 21.7 Å². The quantitative estimate of drug-likeness (QED) is 0.718. The van der Waals surface area contributed by atoms with Crippen molar-refractivity contribution in [2.75, 3.05) is 19.0 Å². The Balaban J connectivity index is 1.96. The number of methoxy groups -OCH3 is 1. The fourth-order valence-electron chi connectivity index (χ4n) is 2.92. The molecule has 1 aromatic heterocycles. The van der Waals surface area contributed by atoms with Gasteiger partial charge in [0.05, 0.1) is 23.9 Å². The minimum atomic E-state index is -0.391. The van der Waals surface area contributed by atoms with Crippen LogP contribution in [0.25, 0.3) is 10.9 Å². The highest BCUT2D eigenvalue weighted by Gasteiger charge is 2.17. The second-order valence-corrected chi connectivity index (χ2v) is 6.09. The van der Waals surface area contributed by atoms with Gasteiger partial charge in [-0.2, -0.15) is 0 Å². The zero-order valence-electron chi connectivity index (χ0n) is 13.5. The minimum Gasteiger partial charge on any atom is -0.465 e. The smallest absolute Gasteiger partial charge is 0.337 e. The number of anilines is 1. The fraction of sp³-hybridized carbons (Fsp3) is 0.167. The molecule has 2 aromatic carbocycles. The van der Waals surface area contributed by atoms with Gasteiger partial charge in [-0.15, -0.1) is 0 Å². The molecule has 0 spiro atoms. The van der Waals surface area contributed by atoms with Crippen LogP contribution in [0.2, 0.25) is 5.02 Å². The predicted octanol–water partition coefficient (Wildman–Crippen LogP) is 3.13. The second-order valence-electron chi connectivity index (χ2n) is 5.65. The maximum atomic E-state index is 11.8. The average Bonchev–Trinajstić information content (AvgIpc) is 3.11. The third-order valence-corrected chi connectivity index (χ3v) is 4.31. The Hall–Kier alpha value is -2.86. The van der Waals surface area contributed by atoms with E-state index < -0.39 is 5.97 Å². The normalized spacial score (nSPS) is 13.6. The molecule has 0 bridgehead atoms. The van der Waals surface area contributed by atoms with Crippen LogP contribution >= 0.6 is 11.6 Å². The van der Waals surface area contributed by atoms with Crippen LogP contribution in [-0.2, 0) is 11.3 Å². The third-order valence-electron chi connectivity index (χ3n) is 4.07. The predicted molar refractivity (Wildman–Crippen MR) is 96.2 cm³/mol. The highest BCUT2D eigenvalue weighted by atomic mass is 35.5. The molecule has 2 heterocycles. The standard InChI is InChI=1S/C18H15ClN4O2/c1-25-17(24)11-5-6-14-15(9-11)22-18(23-8-7-20-16(14)23)21-13-4-2-3-12(19)10-13/h2-6,9-10,20H,7-8H2,1H3. The molecule has 7 heteroatoms. The summed E-state index contributed by atoms with van der Waals surface area (Å²) in [5.74, 6) is 0.556. The molecule has 126 valence electrons. The van der Waals surface area contributed by atoms with Gasteiger partial charge in [-0.25, -0.2) is 14.8 Å². The number of aromatic nitrogens is 2. The van der Waals surface area contributed by atoms with Gasteiger partial charge in [0, 0.05) is 23.5 Å². The monoisotopic (exact) mass is 354 g/mol. The molecule has 3 aromatic rings. The average molecular weight is 355 g/mol. The number of nitrogens with zero attached hydrogens (tertiary/aromatic N) is 3. The molecule has 25 heavy (non-hydrogen) atoms. The molecule has 0 saturated carbocycles. The van der Waals surface area contributed by atoms with Gasteiger partial charge in [-0.1, -0.05) is 17.7 Å². The molecule has 4 rings (SSSR count). The number of benzene rings is 2. The van der Waals surface area contributed by atoms with E-state index in [0.717, 1.165) is 30.0 Å². The lowest BCUT2D eigenvalue weighted by atomic mass is 10.1. The summed E-state index contributed by atoms with van der Waals surface area (Å²) < 4.78 is 6.82. The first kappa shape index (κ1) is 15.7. The van der Waals surface area contributed by atoms with Crippen molar-refractivity contribution in [2.45, 2.75) is 6.54 Å². The number of fused-ring (bicyclic) bond motifs is 3. The van der Waals surface area contributed by atoms with Gasteiger partial charge in [-0.05, 0) is 36.4 Å². The first-order valence-electron chi connectivity index (χ1n) is 7.83. The highest BCUT2D eigenvalue weighted by Crippen LogP contribution is 2.25. The highest BCUT2D eigenvalue weighted by molar-refractivity contribution is 6.30. The number of carbonyl (C=O) groups excluding carboxylic acids is 1. The molecule has 0 amide bonds. The van der Waals surface area contributed by atoms with E-state index >= 15 is 0 Å². The largest absolute Gasteiger partial charge is 0.465 e. The summed E-state index contributed by atoms with van der Waals surface area (Å²) >= 11 is 6.04. The minimum absolute atomic E-state index is 0.391. The van der Waals surface area contributed by atoms with Crippen LogP contribution in [0, 0.1) is 0 Å². The van der Waals surface area contributed by atoms with Crippen LogP contribution in [0.4, 0.5) is 11.5 Å². The van der Waals surface area contributed by atoms with Crippen molar-refractivity contribution >= 4 is 40.0 Å². The van der Waals surface area contributed by atoms with E-state index in [4.69, 9.17) is 16.3 Å². The van der Waals surface area contributed by atoms with Crippen molar-refractivity contribution in [1.82, 2.24) is 9.55 Å². The molecule has 1 aliphatic heterocycles. The van der Waals surface area contributed by atoms with Crippen LogP contribution in [0.3, 0.4) is 0 Å². The van der Waals surface area contributed by atoms with Crippen molar-refractivity contribution in [3.05, 3.63) is 58.7 Å². The van der Waals surface area contributed by atoms with Crippen molar-refractivity contribution in [3.8, 4) is 0 Å². The Morgan fingerprint density at radius 3 is 3.00 bits per heavy atom. The second kappa shape index (κ2) is 6.22. The molecular weight excluding hydrogens is 340 g/mol. The van der Waals surface area contributed by atoms with Crippen molar-refractivity contribution in [2.24, 2.45) is 4.99 Å². The van der Waals surface area contributed by atoms with Gasteiger partial charge < -0.3 is 10.1 Å². The van der Waals surface area contributed by atoms with Crippen molar-refractivity contribution < 1.29 is 9.53 Å². The summed E-state index contributed by atoms with van der Waals surface area (Å²) in [6.07, 6.45) is 0. The molecule has 1 N–H and O–H groups in total. The summed E-state index contributed by atoms with van der Waals surface area (Å²) in [5, 5.41) is 4.92. The number of nitrogens with one attached hydrogen (secondary N) is 1. The zero-order chi connectivity index (χ0) is 17.4. The molecule has 0 atom stereocenters. The number of carbonyl (C=O) groups is 1. The Morgan fingerprint density at radius 2 is 2.20 bits per heavy atom. The molecule has 0 radical (unpaired) electrons. The van der Waals surface area contributed by atoms with Crippen LogP contribution in [0.5, 0.6) is 0 Å². The van der Waals surface area contributed by atoms with E-state index in [1.165, 1.54) is 7.11 Å². The van der Waals surface area contributed by atoms with E-state index in [1.54, 1.807) is 24.3 Å². The van der Waals surface area contributed by atoms with E-state index in [1.807, 2.05) is 22.8 Å². The summed E-state index contributed by atoms with van der Waals surface area (Å²) in [7, 11) is 1.36. The van der Waals surface area contributed by atoms with Gasteiger partial charge in [-0.3, -0.25) is 4.57 Å².